The summed E-state index contributed by atoms with van der Waals surface area (Å²) in [5, 5.41) is 7.68. The van der Waals surface area contributed by atoms with Crippen molar-refractivity contribution in [1.29, 1.82) is 0 Å². The zero-order valence-electron chi connectivity index (χ0n) is 18.4. The van der Waals surface area contributed by atoms with Gasteiger partial charge in [0.25, 0.3) is 0 Å². The number of guanidine groups is 1. The number of likely N-dealkylation sites (tertiary alicyclic amines) is 1. The monoisotopic (exact) mass is 528 g/mol. The van der Waals surface area contributed by atoms with Crippen LogP contribution in [-0.2, 0) is 13.6 Å². The summed E-state index contributed by atoms with van der Waals surface area (Å²) in [4.78, 5) is 9.10. The lowest BCUT2D eigenvalue weighted by molar-refractivity contribution is 0.486. The maximum atomic E-state index is 14.6. The minimum absolute atomic E-state index is 0. The third-order valence-electron chi connectivity index (χ3n) is 5.55. The minimum Gasteiger partial charge on any atom is -0.370 e. The van der Waals surface area contributed by atoms with Gasteiger partial charge in [0, 0.05) is 51.9 Å². The highest BCUT2D eigenvalue weighted by Gasteiger charge is 2.26. The van der Waals surface area contributed by atoms with Gasteiger partial charge in [-0.15, -0.1) is 24.0 Å². The van der Waals surface area contributed by atoms with Gasteiger partial charge in [0.2, 0.25) is 0 Å². The van der Waals surface area contributed by atoms with E-state index in [4.69, 9.17) is 4.99 Å². The second-order valence-electron chi connectivity index (χ2n) is 7.51. The van der Waals surface area contributed by atoms with Gasteiger partial charge in [-0.2, -0.15) is 5.10 Å². The number of anilines is 1. The molecule has 0 aliphatic carbocycles. The molecule has 1 N–H and O–H groups in total. The summed E-state index contributed by atoms with van der Waals surface area (Å²) < 4.78 is 16.4. The molecule has 1 saturated heterocycles. The van der Waals surface area contributed by atoms with Crippen LogP contribution in [0, 0.1) is 5.82 Å². The van der Waals surface area contributed by atoms with Crippen molar-refractivity contribution in [2.45, 2.75) is 39.7 Å². The Labute approximate surface area is 196 Å². The molecule has 30 heavy (non-hydrogen) atoms. The second kappa shape index (κ2) is 11.5. The number of halogens is 2. The lowest BCUT2D eigenvalue weighted by Gasteiger charge is -2.22. The van der Waals surface area contributed by atoms with Crippen molar-refractivity contribution in [3.05, 3.63) is 47.5 Å². The molecule has 1 atom stereocenters. The highest BCUT2D eigenvalue weighted by molar-refractivity contribution is 14.0. The van der Waals surface area contributed by atoms with Crippen molar-refractivity contribution in [2.24, 2.45) is 12.0 Å². The maximum Gasteiger partial charge on any atom is 0.194 e. The summed E-state index contributed by atoms with van der Waals surface area (Å²) in [6.45, 7) is 10.9. The predicted molar refractivity (Wildman–Crippen MR) is 132 cm³/mol. The number of benzene rings is 1. The Bertz CT molecular complexity index is 833. The quantitative estimate of drug-likeness (QED) is 0.336. The Morgan fingerprint density at radius 3 is 2.67 bits per heavy atom. The van der Waals surface area contributed by atoms with E-state index in [2.05, 4.69) is 28.4 Å². The number of hydrogen-bond acceptors (Lipinski definition) is 3. The molecule has 1 aromatic carbocycles. The Kier molecular flexibility index (Phi) is 9.38. The molecule has 1 aromatic heterocycles. The molecule has 0 spiro atoms. The van der Waals surface area contributed by atoms with Crippen LogP contribution in [0.2, 0.25) is 0 Å². The summed E-state index contributed by atoms with van der Waals surface area (Å²) in [7, 11) is 1.95. The molecule has 1 fully saturated rings. The number of nitrogens with zero attached hydrogens (tertiary/aromatic N) is 5. The standard InChI is InChI=1S/C22H33FN6.HI/c1-5-24-22(29-11-10-18(16-29)19-14-26-27(4)15-19)25-13-17-8-9-21(20(23)12-17)28(6-2)7-3;/h8-9,12,14-15,18H,5-7,10-11,13,16H2,1-4H3,(H,24,25);1H. The number of aliphatic imine (C=N–C) groups is 1. The Balaban J connectivity index is 0.00000320. The van der Waals surface area contributed by atoms with Gasteiger partial charge in [0.1, 0.15) is 5.82 Å². The lowest BCUT2D eigenvalue weighted by Crippen LogP contribution is -2.40. The molecule has 8 heteroatoms. The van der Waals surface area contributed by atoms with E-state index in [1.807, 2.05) is 48.8 Å². The molecular formula is C22H34FIN6. The predicted octanol–water partition coefficient (Wildman–Crippen LogP) is 3.98. The molecule has 1 unspecified atom stereocenters. The second-order valence-corrected chi connectivity index (χ2v) is 7.51. The lowest BCUT2D eigenvalue weighted by atomic mass is 10.0. The van der Waals surface area contributed by atoms with Gasteiger partial charge in [0.05, 0.1) is 18.4 Å². The van der Waals surface area contributed by atoms with E-state index in [0.29, 0.717) is 18.2 Å². The highest BCUT2D eigenvalue weighted by atomic mass is 127. The fourth-order valence-corrected chi connectivity index (χ4v) is 3.94. The third-order valence-corrected chi connectivity index (χ3v) is 5.55. The average Bonchev–Trinajstić information content (AvgIpc) is 3.36. The van der Waals surface area contributed by atoms with Gasteiger partial charge in [-0.3, -0.25) is 4.68 Å². The number of hydrogen-bond donors (Lipinski definition) is 1. The number of nitrogens with one attached hydrogen (secondary N) is 1. The SMILES string of the molecule is CCNC(=NCc1ccc(N(CC)CC)c(F)c1)N1CCC(c2cnn(C)c2)C1.I. The van der Waals surface area contributed by atoms with Crippen molar-refractivity contribution in [1.82, 2.24) is 20.0 Å². The van der Waals surface area contributed by atoms with Crippen molar-refractivity contribution < 1.29 is 4.39 Å². The molecule has 0 amide bonds. The largest absolute Gasteiger partial charge is 0.370 e. The van der Waals surface area contributed by atoms with Gasteiger partial charge in [-0.05, 0) is 50.5 Å². The van der Waals surface area contributed by atoms with Crippen LogP contribution in [0.25, 0.3) is 0 Å². The Hall–Kier alpha value is -1.84. The topological polar surface area (TPSA) is 48.7 Å². The van der Waals surface area contributed by atoms with E-state index >= 15 is 0 Å². The van der Waals surface area contributed by atoms with E-state index in [9.17, 15) is 4.39 Å². The first-order valence-corrected chi connectivity index (χ1v) is 10.6. The van der Waals surface area contributed by atoms with E-state index < -0.39 is 0 Å². The first-order chi connectivity index (χ1) is 14.0. The van der Waals surface area contributed by atoms with Gasteiger partial charge in [-0.25, -0.2) is 9.38 Å². The first-order valence-electron chi connectivity index (χ1n) is 10.6. The molecule has 2 aromatic rings. The molecule has 3 rings (SSSR count). The van der Waals surface area contributed by atoms with Crippen molar-refractivity contribution in [2.75, 3.05) is 37.6 Å². The summed E-state index contributed by atoms with van der Waals surface area (Å²) in [6, 6.07) is 5.46. The molecule has 6 nitrogen and oxygen atoms in total. The van der Waals surface area contributed by atoms with Crippen LogP contribution in [-0.4, -0.2) is 53.4 Å². The Morgan fingerprint density at radius 2 is 2.07 bits per heavy atom. The summed E-state index contributed by atoms with van der Waals surface area (Å²) in [5.41, 5.74) is 2.82. The van der Waals surface area contributed by atoms with Crippen LogP contribution in [0.5, 0.6) is 0 Å². The molecule has 1 aliphatic heterocycles. The van der Waals surface area contributed by atoms with E-state index in [1.165, 1.54) is 5.56 Å². The first kappa shape index (κ1) is 24.4. The zero-order chi connectivity index (χ0) is 20.8. The van der Waals surface area contributed by atoms with Crippen molar-refractivity contribution in [3.8, 4) is 0 Å². The van der Waals surface area contributed by atoms with Crippen LogP contribution in [0.4, 0.5) is 10.1 Å². The van der Waals surface area contributed by atoms with E-state index in [0.717, 1.165) is 50.7 Å². The normalized spacial score (nSPS) is 16.5. The average molecular weight is 528 g/mol. The van der Waals surface area contributed by atoms with Crippen LogP contribution >= 0.6 is 24.0 Å². The molecular weight excluding hydrogens is 494 g/mol. The molecule has 0 saturated carbocycles. The maximum absolute atomic E-state index is 14.6. The molecule has 0 radical (unpaired) electrons. The van der Waals surface area contributed by atoms with Crippen LogP contribution in [0.15, 0.2) is 35.6 Å². The summed E-state index contributed by atoms with van der Waals surface area (Å²) in [5.74, 6) is 1.19. The number of rotatable bonds is 7. The number of aryl methyl sites for hydroxylation is 1. The van der Waals surface area contributed by atoms with Crippen molar-refractivity contribution >= 4 is 35.6 Å². The van der Waals surface area contributed by atoms with E-state index in [-0.39, 0.29) is 29.8 Å². The van der Waals surface area contributed by atoms with Gasteiger partial charge in [-0.1, -0.05) is 6.07 Å². The van der Waals surface area contributed by atoms with Gasteiger partial charge < -0.3 is 15.1 Å². The van der Waals surface area contributed by atoms with Crippen LogP contribution in [0.3, 0.4) is 0 Å². The number of aromatic nitrogens is 2. The van der Waals surface area contributed by atoms with E-state index in [1.54, 1.807) is 6.07 Å². The Morgan fingerprint density at radius 1 is 1.30 bits per heavy atom. The van der Waals surface area contributed by atoms with Gasteiger partial charge in [0.15, 0.2) is 5.96 Å². The third kappa shape index (κ3) is 5.86. The van der Waals surface area contributed by atoms with Crippen LogP contribution < -0.4 is 10.2 Å². The molecule has 166 valence electrons. The fraction of sp³-hybridized carbons (Fsp3) is 0.545. The molecule has 1 aliphatic rings. The highest BCUT2D eigenvalue weighted by Crippen LogP contribution is 2.27. The van der Waals surface area contributed by atoms with Crippen molar-refractivity contribution in [3.63, 3.8) is 0 Å². The molecule has 0 bridgehead atoms. The molecule has 2 heterocycles. The van der Waals surface area contributed by atoms with Crippen LogP contribution in [0.1, 0.15) is 44.2 Å². The van der Waals surface area contributed by atoms with Gasteiger partial charge >= 0.3 is 0 Å². The summed E-state index contributed by atoms with van der Waals surface area (Å²) in [6.07, 6.45) is 5.14. The fourth-order valence-electron chi connectivity index (χ4n) is 3.94. The summed E-state index contributed by atoms with van der Waals surface area (Å²) >= 11 is 0. The zero-order valence-corrected chi connectivity index (χ0v) is 20.8. The minimum atomic E-state index is -0.177. The smallest absolute Gasteiger partial charge is 0.194 e.